The molecule has 1 atom stereocenters. The molecule has 1 aromatic rings. The van der Waals surface area contributed by atoms with E-state index in [0.29, 0.717) is 24.3 Å². The molecule has 0 saturated carbocycles. The first-order valence-electron chi connectivity index (χ1n) is 7.14. The molecule has 1 fully saturated rings. The number of nitrogens with one attached hydrogen (secondary N) is 1. The Kier molecular flexibility index (Phi) is 5.28. The number of hydrogen-bond donors (Lipinski definition) is 1. The summed E-state index contributed by atoms with van der Waals surface area (Å²) in [7, 11) is 0.181. The third-order valence-electron chi connectivity index (χ3n) is 3.71. The lowest BCUT2D eigenvalue weighted by Gasteiger charge is -2.12. The van der Waals surface area contributed by atoms with Crippen molar-refractivity contribution in [1.29, 1.82) is 0 Å². The molecule has 0 aromatic heterocycles. The molecule has 1 aromatic carbocycles. The quantitative estimate of drug-likeness (QED) is 0.841. The second kappa shape index (κ2) is 7.00. The number of hydrogen-bond acceptors (Lipinski definition) is 5. The van der Waals surface area contributed by atoms with Crippen LogP contribution in [0.3, 0.4) is 0 Å². The fourth-order valence-corrected chi connectivity index (χ4v) is 4.21. The number of sulfone groups is 1. The summed E-state index contributed by atoms with van der Waals surface area (Å²) in [4.78, 5) is 12.0. The Morgan fingerprint density at radius 2 is 2.09 bits per heavy atom. The summed E-state index contributed by atoms with van der Waals surface area (Å²) >= 11 is 0. The number of carbonyl (C=O) groups is 1. The Balaban J connectivity index is 1.91. The van der Waals surface area contributed by atoms with Crippen LogP contribution in [0.2, 0.25) is 0 Å². The van der Waals surface area contributed by atoms with E-state index in [9.17, 15) is 13.2 Å². The van der Waals surface area contributed by atoms with E-state index >= 15 is 0 Å². The van der Waals surface area contributed by atoms with Crippen LogP contribution in [0.15, 0.2) is 18.2 Å². The molecule has 6 nitrogen and oxygen atoms in total. The maximum Gasteiger partial charge on any atom is 0.220 e. The number of methoxy groups -OCH3 is 2. The van der Waals surface area contributed by atoms with Crippen molar-refractivity contribution < 1.29 is 22.7 Å². The van der Waals surface area contributed by atoms with Crippen LogP contribution >= 0.6 is 0 Å². The number of ether oxygens (including phenoxy) is 2. The molecule has 0 radical (unpaired) electrons. The van der Waals surface area contributed by atoms with Crippen LogP contribution in [-0.4, -0.2) is 46.1 Å². The molecule has 122 valence electrons. The lowest BCUT2D eigenvalue weighted by molar-refractivity contribution is -0.121. The van der Waals surface area contributed by atoms with Gasteiger partial charge in [-0.25, -0.2) is 8.42 Å². The highest BCUT2D eigenvalue weighted by atomic mass is 32.2. The van der Waals surface area contributed by atoms with Gasteiger partial charge in [0.2, 0.25) is 5.91 Å². The van der Waals surface area contributed by atoms with E-state index in [1.807, 2.05) is 6.07 Å². The molecular weight excluding hydrogens is 306 g/mol. The van der Waals surface area contributed by atoms with Gasteiger partial charge in [-0.15, -0.1) is 0 Å². The van der Waals surface area contributed by atoms with Crippen molar-refractivity contribution in [3.05, 3.63) is 23.8 Å². The maximum absolute atomic E-state index is 12.0. The summed E-state index contributed by atoms with van der Waals surface area (Å²) in [5, 5.41) is 2.78. The van der Waals surface area contributed by atoms with E-state index in [4.69, 9.17) is 9.47 Å². The summed E-state index contributed by atoms with van der Waals surface area (Å²) in [5.74, 6) is 1.46. The van der Waals surface area contributed by atoms with Crippen molar-refractivity contribution in [3.63, 3.8) is 0 Å². The number of rotatable bonds is 6. The SMILES string of the molecule is COc1ccc(OC)c(CCC(=O)N[C@H]2CCS(=O)(=O)C2)c1. The van der Waals surface area contributed by atoms with E-state index in [2.05, 4.69) is 5.32 Å². The van der Waals surface area contributed by atoms with Gasteiger partial charge in [0.15, 0.2) is 9.84 Å². The zero-order valence-corrected chi connectivity index (χ0v) is 13.6. The smallest absolute Gasteiger partial charge is 0.220 e. The Labute approximate surface area is 130 Å². The highest BCUT2D eigenvalue weighted by Crippen LogP contribution is 2.25. The lowest BCUT2D eigenvalue weighted by Crippen LogP contribution is -2.35. The summed E-state index contributed by atoms with van der Waals surface area (Å²) in [6, 6.07) is 5.18. The predicted octanol–water partition coefficient (Wildman–Crippen LogP) is 0.940. The average Bonchev–Trinajstić information content (AvgIpc) is 2.83. The summed E-state index contributed by atoms with van der Waals surface area (Å²) < 4.78 is 33.2. The highest BCUT2D eigenvalue weighted by Gasteiger charge is 2.28. The molecule has 22 heavy (non-hydrogen) atoms. The van der Waals surface area contributed by atoms with Gasteiger partial charge >= 0.3 is 0 Å². The standard InChI is InChI=1S/C15H21NO5S/c1-20-13-4-5-14(21-2)11(9-13)3-6-15(17)16-12-7-8-22(18,19)10-12/h4-5,9,12H,3,6-8,10H2,1-2H3,(H,16,17)/t12-/m0/s1. The molecule has 1 aliphatic rings. The Morgan fingerprint density at radius 3 is 2.68 bits per heavy atom. The van der Waals surface area contributed by atoms with Crippen LogP contribution in [0.5, 0.6) is 11.5 Å². The largest absolute Gasteiger partial charge is 0.497 e. The molecule has 0 bridgehead atoms. The third kappa shape index (κ3) is 4.37. The average molecular weight is 327 g/mol. The first-order valence-corrected chi connectivity index (χ1v) is 8.96. The monoisotopic (exact) mass is 327 g/mol. The van der Waals surface area contributed by atoms with E-state index in [-0.39, 0.29) is 29.9 Å². The molecule has 1 amide bonds. The molecule has 1 N–H and O–H groups in total. The molecule has 0 unspecified atom stereocenters. The number of benzene rings is 1. The van der Waals surface area contributed by atoms with E-state index < -0.39 is 9.84 Å². The van der Waals surface area contributed by atoms with Gasteiger partial charge < -0.3 is 14.8 Å². The molecule has 7 heteroatoms. The molecule has 0 spiro atoms. The fourth-order valence-electron chi connectivity index (χ4n) is 2.53. The zero-order chi connectivity index (χ0) is 16.2. The van der Waals surface area contributed by atoms with Gasteiger partial charge in [0, 0.05) is 12.5 Å². The Bertz CT molecular complexity index is 641. The van der Waals surface area contributed by atoms with Gasteiger partial charge in [0.25, 0.3) is 0 Å². The Hall–Kier alpha value is -1.76. The lowest BCUT2D eigenvalue weighted by atomic mass is 10.1. The molecule has 2 rings (SSSR count). The first-order chi connectivity index (χ1) is 10.4. The van der Waals surface area contributed by atoms with Crippen LogP contribution in [0.25, 0.3) is 0 Å². The maximum atomic E-state index is 12.0. The van der Waals surface area contributed by atoms with Crippen molar-refractivity contribution in [1.82, 2.24) is 5.32 Å². The van der Waals surface area contributed by atoms with Crippen LogP contribution < -0.4 is 14.8 Å². The van der Waals surface area contributed by atoms with Gasteiger partial charge in [-0.2, -0.15) is 0 Å². The number of aryl methyl sites for hydroxylation is 1. The summed E-state index contributed by atoms with van der Waals surface area (Å²) in [6.07, 6.45) is 1.28. The van der Waals surface area contributed by atoms with E-state index in [1.54, 1.807) is 26.4 Å². The topological polar surface area (TPSA) is 81.7 Å². The molecule has 1 saturated heterocycles. The van der Waals surface area contributed by atoms with E-state index in [0.717, 1.165) is 5.56 Å². The van der Waals surface area contributed by atoms with Crippen molar-refractivity contribution in [2.45, 2.75) is 25.3 Å². The second-order valence-corrected chi connectivity index (χ2v) is 7.57. The van der Waals surface area contributed by atoms with Crippen molar-refractivity contribution in [2.24, 2.45) is 0 Å². The predicted molar refractivity (Wildman–Crippen MR) is 83.1 cm³/mol. The zero-order valence-electron chi connectivity index (χ0n) is 12.8. The number of carbonyl (C=O) groups excluding carboxylic acids is 1. The minimum absolute atomic E-state index is 0.0429. The van der Waals surface area contributed by atoms with E-state index in [1.165, 1.54) is 0 Å². The normalized spacial score (nSPS) is 19.6. The van der Waals surface area contributed by atoms with Gasteiger partial charge in [0.1, 0.15) is 11.5 Å². The second-order valence-electron chi connectivity index (χ2n) is 5.35. The first kappa shape index (κ1) is 16.6. The van der Waals surface area contributed by atoms with Gasteiger partial charge in [-0.1, -0.05) is 0 Å². The van der Waals surface area contributed by atoms with Crippen molar-refractivity contribution in [3.8, 4) is 11.5 Å². The van der Waals surface area contributed by atoms with Gasteiger partial charge in [0.05, 0.1) is 25.7 Å². The fraction of sp³-hybridized carbons (Fsp3) is 0.533. The Morgan fingerprint density at radius 1 is 1.32 bits per heavy atom. The van der Waals surface area contributed by atoms with Gasteiger partial charge in [-0.3, -0.25) is 4.79 Å². The molecular formula is C15H21NO5S. The number of amides is 1. The van der Waals surface area contributed by atoms with Gasteiger partial charge in [-0.05, 0) is 36.6 Å². The molecule has 0 aliphatic carbocycles. The van der Waals surface area contributed by atoms with Crippen molar-refractivity contribution in [2.75, 3.05) is 25.7 Å². The minimum atomic E-state index is -2.98. The molecule has 1 aliphatic heterocycles. The minimum Gasteiger partial charge on any atom is -0.497 e. The molecule has 1 heterocycles. The highest BCUT2D eigenvalue weighted by molar-refractivity contribution is 7.91. The third-order valence-corrected chi connectivity index (χ3v) is 5.47. The van der Waals surface area contributed by atoms with Crippen LogP contribution in [-0.2, 0) is 21.1 Å². The van der Waals surface area contributed by atoms with Crippen LogP contribution in [0, 0.1) is 0 Å². The van der Waals surface area contributed by atoms with Crippen LogP contribution in [0.1, 0.15) is 18.4 Å². The summed E-state index contributed by atoms with van der Waals surface area (Å²) in [5.41, 5.74) is 0.885. The van der Waals surface area contributed by atoms with Crippen molar-refractivity contribution >= 4 is 15.7 Å². The van der Waals surface area contributed by atoms with Crippen LogP contribution in [0.4, 0.5) is 0 Å². The summed E-state index contributed by atoms with van der Waals surface area (Å²) in [6.45, 7) is 0.